The Labute approximate surface area is 136 Å². The first kappa shape index (κ1) is 15.3. The van der Waals surface area contributed by atoms with E-state index in [2.05, 4.69) is 11.8 Å². The van der Waals surface area contributed by atoms with E-state index in [-0.39, 0.29) is 6.10 Å². The summed E-state index contributed by atoms with van der Waals surface area (Å²) in [7, 11) is 1.65. The van der Waals surface area contributed by atoms with E-state index in [0.717, 1.165) is 41.7 Å². The molecular formula is C18H22N2O3. The maximum absolute atomic E-state index is 5.90. The lowest BCUT2D eigenvalue weighted by molar-refractivity contribution is 0.208. The number of benzene rings is 2. The summed E-state index contributed by atoms with van der Waals surface area (Å²) in [4.78, 5) is 2.25. The lowest BCUT2D eigenvalue weighted by atomic mass is 10.2. The van der Waals surface area contributed by atoms with Crippen molar-refractivity contribution in [3.8, 4) is 17.2 Å². The molecule has 23 heavy (non-hydrogen) atoms. The topological polar surface area (TPSA) is 57.0 Å². The van der Waals surface area contributed by atoms with Crippen molar-refractivity contribution in [3.63, 3.8) is 0 Å². The zero-order valence-corrected chi connectivity index (χ0v) is 13.5. The largest absolute Gasteiger partial charge is 0.497 e. The van der Waals surface area contributed by atoms with Crippen molar-refractivity contribution in [2.24, 2.45) is 0 Å². The van der Waals surface area contributed by atoms with Crippen LogP contribution in [0.1, 0.15) is 6.92 Å². The highest BCUT2D eigenvalue weighted by Crippen LogP contribution is 2.34. The summed E-state index contributed by atoms with van der Waals surface area (Å²) in [5.74, 6) is 2.53. The first-order chi connectivity index (χ1) is 11.2. The van der Waals surface area contributed by atoms with Gasteiger partial charge in [-0.3, -0.25) is 0 Å². The van der Waals surface area contributed by atoms with Crippen LogP contribution < -0.4 is 24.8 Å². The van der Waals surface area contributed by atoms with E-state index in [4.69, 9.17) is 19.9 Å². The summed E-state index contributed by atoms with van der Waals surface area (Å²) in [6.45, 7) is 4.25. The predicted molar refractivity (Wildman–Crippen MR) is 91.6 cm³/mol. The molecule has 1 atom stereocenters. The van der Waals surface area contributed by atoms with Gasteiger partial charge in [0.25, 0.3) is 0 Å². The molecule has 3 rings (SSSR count). The number of nitrogens with zero attached hydrogens (tertiary/aromatic N) is 1. The number of methoxy groups -OCH3 is 1. The second-order valence-corrected chi connectivity index (χ2v) is 5.63. The Kier molecular flexibility index (Phi) is 4.46. The van der Waals surface area contributed by atoms with Crippen LogP contribution in [-0.2, 0) is 0 Å². The number of nitrogens with two attached hydrogens (primary N) is 1. The minimum atomic E-state index is 0.145. The Morgan fingerprint density at radius 2 is 1.91 bits per heavy atom. The first-order valence-corrected chi connectivity index (χ1v) is 7.73. The van der Waals surface area contributed by atoms with E-state index < -0.39 is 0 Å². The molecule has 0 bridgehead atoms. The lowest BCUT2D eigenvalue weighted by Gasteiger charge is -2.35. The minimum absolute atomic E-state index is 0.145. The number of ether oxygens (including phenoxy) is 3. The van der Waals surface area contributed by atoms with Gasteiger partial charge < -0.3 is 24.8 Å². The minimum Gasteiger partial charge on any atom is -0.497 e. The molecule has 1 unspecified atom stereocenters. The van der Waals surface area contributed by atoms with Crippen molar-refractivity contribution >= 4 is 11.4 Å². The van der Waals surface area contributed by atoms with E-state index in [1.807, 2.05) is 42.5 Å². The third kappa shape index (κ3) is 3.62. The Morgan fingerprint density at radius 1 is 1.17 bits per heavy atom. The highest BCUT2D eigenvalue weighted by molar-refractivity contribution is 5.66. The first-order valence-electron chi connectivity index (χ1n) is 7.73. The lowest BCUT2D eigenvalue weighted by Crippen LogP contribution is -2.40. The van der Waals surface area contributed by atoms with E-state index in [1.165, 1.54) is 0 Å². The fourth-order valence-corrected chi connectivity index (χ4v) is 2.70. The van der Waals surface area contributed by atoms with Gasteiger partial charge in [0.15, 0.2) is 0 Å². The molecule has 0 fully saturated rings. The molecule has 1 aliphatic heterocycles. The number of anilines is 2. The van der Waals surface area contributed by atoms with Crippen LogP contribution in [-0.4, -0.2) is 32.9 Å². The second-order valence-electron chi connectivity index (χ2n) is 5.63. The summed E-state index contributed by atoms with van der Waals surface area (Å²) in [6.07, 6.45) is 0.145. The van der Waals surface area contributed by atoms with Gasteiger partial charge in [0, 0.05) is 5.69 Å². The Balaban J connectivity index is 1.62. The standard InChI is InChI=1S/C18H22N2O3/c1-13-12-20(17-11-14(19)3-8-18(17)23-13)9-10-22-16-6-4-15(21-2)5-7-16/h3-8,11,13H,9-10,12,19H2,1-2H3. The van der Waals surface area contributed by atoms with Gasteiger partial charge in [0.2, 0.25) is 0 Å². The molecule has 0 aromatic heterocycles. The zero-order valence-electron chi connectivity index (χ0n) is 13.5. The molecule has 2 aromatic carbocycles. The zero-order chi connectivity index (χ0) is 16.2. The maximum atomic E-state index is 5.90. The van der Waals surface area contributed by atoms with Crippen molar-refractivity contribution in [2.45, 2.75) is 13.0 Å². The number of fused-ring (bicyclic) bond motifs is 1. The second kappa shape index (κ2) is 6.69. The summed E-state index contributed by atoms with van der Waals surface area (Å²) in [5, 5.41) is 0. The number of hydrogen-bond donors (Lipinski definition) is 1. The highest BCUT2D eigenvalue weighted by atomic mass is 16.5. The van der Waals surface area contributed by atoms with Gasteiger partial charge in [-0.2, -0.15) is 0 Å². The summed E-state index contributed by atoms with van der Waals surface area (Å²) >= 11 is 0. The molecule has 5 heteroatoms. The Hall–Kier alpha value is -2.56. The van der Waals surface area contributed by atoms with Crippen molar-refractivity contribution in [2.75, 3.05) is 37.4 Å². The molecule has 122 valence electrons. The van der Waals surface area contributed by atoms with Crippen LogP contribution in [0.2, 0.25) is 0 Å². The molecule has 2 N–H and O–H groups in total. The SMILES string of the molecule is COc1ccc(OCCN2CC(C)Oc3ccc(N)cc32)cc1. The average Bonchev–Trinajstić information content (AvgIpc) is 2.56. The summed E-state index contributed by atoms with van der Waals surface area (Å²) in [5.41, 5.74) is 7.67. The van der Waals surface area contributed by atoms with Crippen molar-refractivity contribution in [3.05, 3.63) is 42.5 Å². The van der Waals surface area contributed by atoms with E-state index in [0.29, 0.717) is 6.61 Å². The third-order valence-electron chi connectivity index (χ3n) is 3.82. The number of nitrogen functional groups attached to an aromatic ring is 1. The third-order valence-corrected chi connectivity index (χ3v) is 3.82. The maximum Gasteiger partial charge on any atom is 0.143 e. The van der Waals surface area contributed by atoms with Gasteiger partial charge in [-0.05, 0) is 49.4 Å². The van der Waals surface area contributed by atoms with Gasteiger partial charge in [-0.25, -0.2) is 0 Å². The van der Waals surface area contributed by atoms with Crippen molar-refractivity contribution in [1.82, 2.24) is 0 Å². The van der Waals surface area contributed by atoms with Gasteiger partial charge in [0.1, 0.15) is 30.0 Å². The normalized spacial score (nSPS) is 16.4. The fraction of sp³-hybridized carbons (Fsp3) is 0.333. The van der Waals surface area contributed by atoms with Gasteiger partial charge in [0.05, 0.1) is 25.9 Å². The molecule has 1 heterocycles. The molecule has 0 saturated heterocycles. The van der Waals surface area contributed by atoms with E-state index in [1.54, 1.807) is 7.11 Å². The van der Waals surface area contributed by atoms with E-state index in [9.17, 15) is 0 Å². The van der Waals surface area contributed by atoms with Crippen LogP contribution in [0.4, 0.5) is 11.4 Å². The van der Waals surface area contributed by atoms with Crippen LogP contribution in [0, 0.1) is 0 Å². The summed E-state index contributed by atoms with van der Waals surface area (Å²) < 4.78 is 16.8. The Bertz CT molecular complexity index is 658. The van der Waals surface area contributed by atoms with Gasteiger partial charge >= 0.3 is 0 Å². The van der Waals surface area contributed by atoms with Gasteiger partial charge in [-0.1, -0.05) is 0 Å². The van der Waals surface area contributed by atoms with Crippen LogP contribution in [0.3, 0.4) is 0 Å². The number of hydrogen-bond acceptors (Lipinski definition) is 5. The monoisotopic (exact) mass is 314 g/mol. The van der Waals surface area contributed by atoms with Crippen LogP contribution >= 0.6 is 0 Å². The van der Waals surface area contributed by atoms with Crippen LogP contribution in [0.5, 0.6) is 17.2 Å². The molecule has 0 aliphatic carbocycles. The molecule has 0 amide bonds. The van der Waals surface area contributed by atoms with Crippen molar-refractivity contribution in [1.29, 1.82) is 0 Å². The van der Waals surface area contributed by atoms with E-state index >= 15 is 0 Å². The van der Waals surface area contributed by atoms with Gasteiger partial charge in [-0.15, -0.1) is 0 Å². The molecule has 5 nitrogen and oxygen atoms in total. The summed E-state index contributed by atoms with van der Waals surface area (Å²) in [6, 6.07) is 13.3. The van der Waals surface area contributed by atoms with Crippen molar-refractivity contribution < 1.29 is 14.2 Å². The molecular weight excluding hydrogens is 292 g/mol. The molecule has 1 aliphatic rings. The quantitative estimate of drug-likeness (QED) is 0.860. The molecule has 0 spiro atoms. The van der Waals surface area contributed by atoms with Crippen LogP contribution in [0.15, 0.2) is 42.5 Å². The Morgan fingerprint density at radius 3 is 2.65 bits per heavy atom. The molecule has 0 saturated carbocycles. The average molecular weight is 314 g/mol. The smallest absolute Gasteiger partial charge is 0.143 e. The number of rotatable bonds is 5. The van der Waals surface area contributed by atoms with Crippen LogP contribution in [0.25, 0.3) is 0 Å². The molecule has 0 radical (unpaired) electrons. The predicted octanol–water partition coefficient (Wildman–Crippen LogP) is 2.94. The highest BCUT2D eigenvalue weighted by Gasteiger charge is 2.22. The fourth-order valence-electron chi connectivity index (χ4n) is 2.70. The molecule has 2 aromatic rings.